The molecule has 1 atom stereocenters. The van der Waals surface area contributed by atoms with Gasteiger partial charge in [-0.3, -0.25) is 9.59 Å². The second-order valence-corrected chi connectivity index (χ2v) is 6.63. The Hall–Kier alpha value is -1.06. The highest BCUT2D eigenvalue weighted by Crippen LogP contribution is 2.34. The molecule has 0 saturated heterocycles. The molecule has 0 bridgehead atoms. The molecule has 0 spiro atoms. The van der Waals surface area contributed by atoms with E-state index in [-0.39, 0.29) is 6.10 Å². The fourth-order valence-electron chi connectivity index (χ4n) is 2.72. The zero-order chi connectivity index (χ0) is 17.7. The number of rotatable bonds is 14. The van der Waals surface area contributed by atoms with Crippen molar-refractivity contribution in [3.63, 3.8) is 0 Å². The summed E-state index contributed by atoms with van der Waals surface area (Å²) in [5, 5.41) is 9.79. The third-order valence-corrected chi connectivity index (χ3v) is 4.60. The lowest BCUT2D eigenvalue weighted by atomic mass is 9.77. The van der Waals surface area contributed by atoms with E-state index >= 15 is 0 Å². The van der Waals surface area contributed by atoms with Crippen molar-refractivity contribution in [2.24, 2.45) is 5.41 Å². The van der Waals surface area contributed by atoms with Gasteiger partial charge in [0, 0.05) is 0 Å². The van der Waals surface area contributed by atoms with Crippen molar-refractivity contribution in [3.8, 4) is 0 Å². The molecule has 4 nitrogen and oxygen atoms in total. The number of hydrogen-bond donors (Lipinski definition) is 1. The molecule has 0 saturated carbocycles. The molecule has 0 fully saturated rings. The number of carboxylic acids is 1. The molecule has 1 N–H and O–H groups in total. The van der Waals surface area contributed by atoms with Crippen LogP contribution in [0.5, 0.6) is 0 Å². The Labute approximate surface area is 142 Å². The van der Waals surface area contributed by atoms with E-state index in [0.717, 1.165) is 51.4 Å². The Morgan fingerprint density at radius 2 is 1.39 bits per heavy atom. The zero-order valence-corrected chi connectivity index (χ0v) is 15.5. The summed E-state index contributed by atoms with van der Waals surface area (Å²) in [6, 6.07) is 0. The summed E-state index contributed by atoms with van der Waals surface area (Å²) < 4.78 is 5.42. The molecule has 0 aliphatic heterocycles. The van der Waals surface area contributed by atoms with Gasteiger partial charge in [-0.15, -0.1) is 0 Å². The van der Waals surface area contributed by atoms with E-state index in [1.54, 1.807) is 0 Å². The van der Waals surface area contributed by atoms with Crippen LogP contribution >= 0.6 is 0 Å². The van der Waals surface area contributed by atoms with Crippen molar-refractivity contribution in [1.29, 1.82) is 0 Å². The summed E-state index contributed by atoms with van der Waals surface area (Å²) in [4.78, 5) is 24.6. The van der Waals surface area contributed by atoms with Crippen LogP contribution in [0.25, 0.3) is 0 Å². The molecule has 136 valence electrons. The van der Waals surface area contributed by atoms with Gasteiger partial charge in [0.25, 0.3) is 0 Å². The highest BCUT2D eigenvalue weighted by atomic mass is 16.5. The van der Waals surface area contributed by atoms with E-state index in [4.69, 9.17) is 4.74 Å². The van der Waals surface area contributed by atoms with Crippen LogP contribution in [0.2, 0.25) is 0 Å². The molecular weight excluding hydrogens is 292 g/mol. The Kier molecular flexibility index (Phi) is 11.8. The maximum absolute atomic E-state index is 12.6. The van der Waals surface area contributed by atoms with Crippen LogP contribution in [-0.2, 0) is 14.3 Å². The molecule has 1 unspecified atom stereocenters. The molecule has 23 heavy (non-hydrogen) atoms. The smallest absolute Gasteiger partial charge is 0.323 e. The Morgan fingerprint density at radius 3 is 1.74 bits per heavy atom. The standard InChI is InChI=1S/C19H36O4/c1-5-8-10-12-14-19(17(20)21,15-13-11-9-6-2)18(22)23-16(4)7-3/h16H,5-15H2,1-4H3,(H,20,21). The van der Waals surface area contributed by atoms with Crippen molar-refractivity contribution in [2.45, 2.75) is 104 Å². The first-order chi connectivity index (χ1) is 10.9. The van der Waals surface area contributed by atoms with Crippen molar-refractivity contribution in [1.82, 2.24) is 0 Å². The number of esters is 1. The molecule has 0 heterocycles. The largest absolute Gasteiger partial charge is 0.480 e. The van der Waals surface area contributed by atoms with Crippen LogP contribution in [0.3, 0.4) is 0 Å². The van der Waals surface area contributed by atoms with Gasteiger partial charge in [-0.2, -0.15) is 0 Å². The summed E-state index contributed by atoms with van der Waals surface area (Å²) >= 11 is 0. The van der Waals surface area contributed by atoms with Crippen LogP contribution in [0.1, 0.15) is 98.3 Å². The van der Waals surface area contributed by atoms with Crippen LogP contribution in [-0.4, -0.2) is 23.1 Å². The highest BCUT2D eigenvalue weighted by Gasteiger charge is 2.46. The van der Waals surface area contributed by atoms with Gasteiger partial charge >= 0.3 is 11.9 Å². The minimum absolute atomic E-state index is 0.229. The van der Waals surface area contributed by atoms with E-state index in [2.05, 4.69) is 13.8 Å². The number of ether oxygens (including phenoxy) is 1. The molecule has 0 aromatic carbocycles. The monoisotopic (exact) mass is 328 g/mol. The van der Waals surface area contributed by atoms with Crippen LogP contribution < -0.4 is 0 Å². The van der Waals surface area contributed by atoms with Crippen LogP contribution in [0.4, 0.5) is 0 Å². The third-order valence-electron chi connectivity index (χ3n) is 4.60. The van der Waals surface area contributed by atoms with Crippen molar-refractivity contribution >= 4 is 11.9 Å². The lowest BCUT2D eigenvalue weighted by Crippen LogP contribution is -2.42. The number of unbranched alkanes of at least 4 members (excludes halogenated alkanes) is 6. The van der Waals surface area contributed by atoms with Gasteiger partial charge in [0.05, 0.1) is 6.10 Å². The molecule has 4 heteroatoms. The van der Waals surface area contributed by atoms with Gasteiger partial charge < -0.3 is 9.84 Å². The molecule has 0 amide bonds. The van der Waals surface area contributed by atoms with Gasteiger partial charge in [0.1, 0.15) is 0 Å². The van der Waals surface area contributed by atoms with Crippen LogP contribution in [0.15, 0.2) is 0 Å². The number of hydrogen-bond acceptors (Lipinski definition) is 3. The summed E-state index contributed by atoms with van der Waals surface area (Å²) in [5.41, 5.74) is -1.36. The highest BCUT2D eigenvalue weighted by molar-refractivity contribution is 5.99. The number of aliphatic carboxylic acids is 1. The van der Waals surface area contributed by atoms with Gasteiger partial charge in [0.15, 0.2) is 5.41 Å². The summed E-state index contributed by atoms with van der Waals surface area (Å²) in [6.45, 7) is 7.99. The molecule has 0 aromatic heterocycles. The van der Waals surface area contributed by atoms with Crippen molar-refractivity contribution < 1.29 is 19.4 Å². The molecule has 0 aromatic rings. The fraction of sp³-hybridized carbons (Fsp3) is 0.895. The van der Waals surface area contributed by atoms with Gasteiger partial charge in [-0.05, 0) is 26.2 Å². The summed E-state index contributed by atoms with van der Waals surface area (Å²) in [7, 11) is 0. The van der Waals surface area contributed by atoms with E-state index in [1.807, 2.05) is 13.8 Å². The number of carbonyl (C=O) groups excluding carboxylic acids is 1. The minimum atomic E-state index is -1.36. The number of carbonyl (C=O) groups is 2. The molecule has 0 rings (SSSR count). The Balaban J connectivity index is 4.99. The van der Waals surface area contributed by atoms with Gasteiger partial charge in [-0.1, -0.05) is 72.1 Å². The maximum Gasteiger partial charge on any atom is 0.323 e. The van der Waals surface area contributed by atoms with Crippen molar-refractivity contribution in [3.05, 3.63) is 0 Å². The fourth-order valence-corrected chi connectivity index (χ4v) is 2.72. The van der Waals surface area contributed by atoms with E-state index in [0.29, 0.717) is 19.3 Å². The first kappa shape index (κ1) is 21.9. The van der Waals surface area contributed by atoms with E-state index in [1.165, 1.54) is 0 Å². The minimum Gasteiger partial charge on any atom is -0.480 e. The van der Waals surface area contributed by atoms with Gasteiger partial charge in [0.2, 0.25) is 0 Å². The van der Waals surface area contributed by atoms with Gasteiger partial charge in [-0.25, -0.2) is 0 Å². The van der Waals surface area contributed by atoms with E-state index < -0.39 is 17.4 Å². The summed E-state index contributed by atoms with van der Waals surface area (Å²) in [6.07, 6.45) is 9.06. The third kappa shape index (κ3) is 7.85. The molecule has 0 aliphatic carbocycles. The first-order valence-electron chi connectivity index (χ1n) is 9.39. The summed E-state index contributed by atoms with van der Waals surface area (Å²) in [5.74, 6) is -1.55. The topological polar surface area (TPSA) is 63.6 Å². The maximum atomic E-state index is 12.6. The second-order valence-electron chi connectivity index (χ2n) is 6.63. The second kappa shape index (κ2) is 12.4. The zero-order valence-electron chi connectivity index (χ0n) is 15.5. The Bertz CT molecular complexity index is 326. The molecule has 0 aliphatic rings. The normalized spacial score (nSPS) is 12.9. The molecular formula is C19H36O4. The molecule has 0 radical (unpaired) electrons. The number of carboxylic acid groups (broad SMARTS) is 1. The van der Waals surface area contributed by atoms with E-state index in [9.17, 15) is 14.7 Å². The average Bonchev–Trinajstić information content (AvgIpc) is 2.52. The average molecular weight is 328 g/mol. The lowest BCUT2D eigenvalue weighted by molar-refractivity contribution is -0.173. The van der Waals surface area contributed by atoms with Crippen LogP contribution in [0, 0.1) is 5.41 Å². The lowest BCUT2D eigenvalue weighted by Gasteiger charge is -2.29. The quantitative estimate of drug-likeness (QED) is 0.265. The predicted octanol–water partition coefficient (Wildman–Crippen LogP) is 5.34. The first-order valence-corrected chi connectivity index (χ1v) is 9.39. The Morgan fingerprint density at radius 1 is 0.913 bits per heavy atom. The van der Waals surface area contributed by atoms with Crippen molar-refractivity contribution in [2.75, 3.05) is 0 Å². The predicted molar refractivity (Wildman–Crippen MR) is 93.4 cm³/mol. The SMILES string of the molecule is CCCCCCC(CCCCCC)(C(=O)O)C(=O)OC(C)CC.